The second-order valence-corrected chi connectivity index (χ2v) is 19.9. The van der Waals surface area contributed by atoms with Gasteiger partial charge in [-0.25, -0.2) is 0 Å². The fourth-order valence-electron chi connectivity index (χ4n) is 5.28. The van der Waals surface area contributed by atoms with Crippen molar-refractivity contribution >= 4 is 142 Å². The summed E-state index contributed by atoms with van der Waals surface area (Å²) in [6, 6.07) is 22.6. The molecule has 0 atom stereocenters. The molecule has 0 saturated heterocycles. The van der Waals surface area contributed by atoms with Crippen LogP contribution in [0.4, 0.5) is 5.69 Å². The highest BCUT2D eigenvalue weighted by atomic mass is 32.3. The van der Waals surface area contributed by atoms with Gasteiger partial charge in [0, 0.05) is 45.6 Å². The summed E-state index contributed by atoms with van der Waals surface area (Å²) in [5, 5.41) is 19.0. The van der Waals surface area contributed by atoms with Crippen LogP contribution in [0.25, 0.3) is 42.2 Å². The van der Waals surface area contributed by atoms with E-state index in [-0.39, 0.29) is 10.6 Å². The Hall–Kier alpha value is -1.44. The Balaban J connectivity index is 1.35. The third-order valence-electron chi connectivity index (χ3n) is 7.20. The average molecular weight is 708 g/mol. The molecule has 0 radical (unpaired) electrons. The van der Waals surface area contributed by atoms with Gasteiger partial charge in [-0.2, -0.15) is 0 Å². The Labute approximate surface area is 282 Å². The molecule has 43 heavy (non-hydrogen) atoms. The van der Waals surface area contributed by atoms with E-state index in [1.165, 1.54) is 80.4 Å². The molecule has 0 aromatic heterocycles. The molecule has 3 nitrogen and oxygen atoms in total. The van der Waals surface area contributed by atoms with Crippen molar-refractivity contribution in [2.75, 3.05) is 23.0 Å². The number of fused-ring (bicyclic) bond motifs is 2. The molecule has 0 fully saturated rings. The number of hydrogen-bond acceptors (Lipinski definition) is 10. The Morgan fingerprint density at radius 3 is 1.49 bits per heavy atom. The Morgan fingerprint density at radius 1 is 0.535 bits per heavy atom. The number of rotatable bonds is 3. The third-order valence-corrected chi connectivity index (χ3v) is 18.8. The lowest BCUT2D eigenvalue weighted by molar-refractivity contribution is -0.384. The second kappa shape index (κ2) is 12.4. The van der Waals surface area contributed by atoms with Gasteiger partial charge in [0.2, 0.25) is 0 Å². The van der Waals surface area contributed by atoms with E-state index in [0.29, 0.717) is 0 Å². The molecule has 0 spiro atoms. The molecule has 4 aromatic carbocycles. The van der Waals surface area contributed by atoms with Crippen LogP contribution in [-0.4, -0.2) is 27.9 Å². The Kier molecular flexibility index (Phi) is 8.36. The molecular weight excluding hydrogens is 687 g/mol. The van der Waals surface area contributed by atoms with Crippen molar-refractivity contribution in [3.05, 3.63) is 115 Å². The van der Waals surface area contributed by atoms with Crippen LogP contribution in [0.3, 0.4) is 0 Å². The van der Waals surface area contributed by atoms with Gasteiger partial charge in [0.05, 0.1) is 30.3 Å². The largest absolute Gasteiger partial charge is 0.269 e. The molecule has 0 unspecified atom stereocenters. The molecule has 0 bridgehead atoms. The van der Waals surface area contributed by atoms with Crippen molar-refractivity contribution in [2.45, 2.75) is 0 Å². The van der Waals surface area contributed by atoms with Crippen LogP contribution in [-0.2, 0) is 0 Å². The van der Waals surface area contributed by atoms with Gasteiger partial charge in [0.25, 0.3) is 5.69 Å². The van der Waals surface area contributed by atoms with Crippen LogP contribution in [0.1, 0.15) is 11.1 Å². The molecule has 0 aliphatic carbocycles. The summed E-state index contributed by atoms with van der Waals surface area (Å²) >= 11 is 15.8. The summed E-state index contributed by atoms with van der Waals surface area (Å²) in [7, 11) is 0. The molecular formula is C32H21NO2S8. The van der Waals surface area contributed by atoms with Crippen LogP contribution >= 0.6 is 94.1 Å². The molecule has 0 saturated carbocycles. The van der Waals surface area contributed by atoms with Gasteiger partial charge in [-0.15, -0.1) is 47.0 Å². The fraction of sp³-hybridized carbons (Fsp3) is 0.125. The summed E-state index contributed by atoms with van der Waals surface area (Å²) in [5.74, 6) is 4.69. The molecule has 11 heteroatoms. The first kappa shape index (κ1) is 29.0. The quantitative estimate of drug-likeness (QED) is 0.0890. The van der Waals surface area contributed by atoms with Crippen molar-refractivity contribution in [2.24, 2.45) is 0 Å². The monoisotopic (exact) mass is 707 g/mol. The van der Waals surface area contributed by atoms with Gasteiger partial charge < -0.3 is 0 Å². The van der Waals surface area contributed by atoms with Gasteiger partial charge >= 0.3 is 0 Å². The maximum absolute atomic E-state index is 11.1. The van der Waals surface area contributed by atoms with Gasteiger partial charge in [-0.3, -0.25) is 10.1 Å². The van der Waals surface area contributed by atoms with E-state index in [4.69, 9.17) is 0 Å². The number of nitrogens with zero attached hydrogens (tertiary/aromatic N) is 1. The van der Waals surface area contributed by atoms with Crippen LogP contribution in [0.2, 0.25) is 0 Å². The van der Waals surface area contributed by atoms with Crippen LogP contribution < -0.4 is 10.4 Å². The van der Waals surface area contributed by atoms with Crippen molar-refractivity contribution in [3.63, 3.8) is 0 Å². The van der Waals surface area contributed by atoms with E-state index in [1.54, 1.807) is 24.3 Å². The van der Waals surface area contributed by atoms with Crippen molar-refractivity contribution in [1.82, 2.24) is 0 Å². The zero-order valence-electron chi connectivity index (χ0n) is 22.4. The zero-order valence-corrected chi connectivity index (χ0v) is 28.9. The molecule has 0 N–H and O–H groups in total. The predicted molar refractivity (Wildman–Crippen MR) is 204 cm³/mol. The molecule has 8 rings (SSSR count). The number of nitro benzene ring substituents is 1. The first-order valence-electron chi connectivity index (χ1n) is 13.5. The lowest BCUT2D eigenvalue weighted by Gasteiger charge is -2.12. The summed E-state index contributed by atoms with van der Waals surface area (Å²) < 4.78 is 8.58. The topological polar surface area (TPSA) is 43.1 Å². The maximum Gasteiger partial charge on any atom is 0.269 e. The van der Waals surface area contributed by atoms with Crippen LogP contribution in [0, 0.1) is 10.1 Å². The second-order valence-electron chi connectivity index (χ2n) is 9.81. The minimum atomic E-state index is -0.358. The molecule has 214 valence electrons. The number of benzene rings is 4. The lowest BCUT2D eigenvalue weighted by atomic mass is 9.97. The third kappa shape index (κ3) is 5.62. The standard InChI is InChI=1S/C32H21NO2S8/c34-33(35)20-10-7-18(8-11-20)5-6-19-9-12-23-24(17-19)26(28-42-31-32(43-28)39-16-15-38-31)22-4-2-1-3-21(22)25(23)27-40-29-30(41-27)37-14-13-36-29/h1-12,17H,13-16H2/b6-5+. The van der Waals surface area contributed by atoms with Gasteiger partial charge in [-0.05, 0) is 50.9 Å². The zero-order chi connectivity index (χ0) is 28.9. The van der Waals surface area contributed by atoms with E-state index in [0.717, 1.165) is 11.1 Å². The highest BCUT2D eigenvalue weighted by Gasteiger charge is 2.29. The molecule has 4 heterocycles. The minimum absolute atomic E-state index is 0.108. The van der Waals surface area contributed by atoms with E-state index >= 15 is 0 Å². The molecule has 4 aromatic rings. The summed E-state index contributed by atoms with van der Waals surface area (Å²) in [6.45, 7) is 0. The lowest BCUT2D eigenvalue weighted by Crippen LogP contribution is -2.17. The predicted octanol–water partition coefficient (Wildman–Crippen LogP) is 10.4. The first-order chi connectivity index (χ1) is 21.1. The Morgan fingerprint density at radius 2 is 0.977 bits per heavy atom. The van der Waals surface area contributed by atoms with E-state index in [1.807, 2.05) is 100 Å². The first-order valence-corrected chi connectivity index (χ1v) is 20.7. The summed E-state index contributed by atoms with van der Waals surface area (Å²) in [6.07, 6.45) is 4.16. The van der Waals surface area contributed by atoms with Gasteiger partial charge in [0.15, 0.2) is 0 Å². The highest BCUT2D eigenvalue weighted by molar-refractivity contribution is 8.47. The van der Waals surface area contributed by atoms with E-state index in [9.17, 15) is 10.1 Å². The normalized spacial score (nSPS) is 18.8. The van der Waals surface area contributed by atoms with E-state index < -0.39 is 0 Å². The highest BCUT2D eigenvalue weighted by Crippen LogP contribution is 2.61. The summed E-state index contributed by atoms with van der Waals surface area (Å²) in [4.78, 5) is 10.7. The minimum Gasteiger partial charge on any atom is -0.258 e. The van der Waals surface area contributed by atoms with E-state index in [2.05, 4.69) is 48.5 Å². The van der Waals surface area contributed by atoms with Crippen LogP contribution in [0.15, 0.2) is 83.7 Å². The van der Waals surface area contributed by atoms with Gasteiger partial charge in [-0.1, -0.05) is 95.6 Å². The van der Waals surface area contributed by atoms with Crippen molar-refractivity contribution in [3.8, 4) is 0 Å². The average Bonchev–Trinajstić information content (AvgIpc) is 3.67. The number of nitro groups is 1. The molecule has 4 aliphatic rings. The molecule has 4 aliphatic heterocycles. The summed E-state index contributed by atoms with van der Waals surface area (Å²) in [5.41, 5.74) is 2.16. The smallest absolute Gasteiger partial charge is 0.258 e. The SMILES string of the molecule is O=[N+]([O-])c1ccc(/C=C/c2ccc3c(=C4SC5=C(SCCS5)S4)c4ccccc4c(=C4SC5=C(SCCS5)S4)c3c2)cc1. The number of thioether (sulfide) groups is 8. The molecule has 0 amide bonds. The maximum atomic E-state index is 11.1. The van der Waals surface area contributed by atoms with Crippen molar-refractivity contribution in [1.29, 1.82) is 0 Å². The number of non-ortho nitro benzene ring substituents is 1. The van der Waals surface area contributed by atoms with Crippen molar-refractivity contribution < 1.29 is 4.92 Å². The van der Waals surface area contributed by atoms with Gasteiger partial charge in [0.1, 0.15) is 0 Å². The number of hydrogen-bond donors (Lipinski definition) is 0. The Bertz CT molecular complexity index is 2030. The van der Waals surface area contributed by atoms with Crippen LogP contribution in [0.5, 0.6) is 0 Å². The fourth-order valence-corrected chi connectivity index (χ4v) is 17.4.